The topological polar surface area (TPSA) is 41.6 Å². The SMILES string of the molecule is CCCCCCNC(=O)Oc1ccc(N(C)C)c(-c2ccccc2)c1. The molecule has 0 fully saturated rings. The summed E-state index contributed by atoms with van der Waals surface area (Å²) in [6.07, 6.45) is 4.10. The zero-order valence-electron chi connectivity index (χ0n) is 15.4. The van der Waals surface area contributed by atoms with Crippen molar-refractivity contribution in [3.8, 4) is 16.9 Å². The van der Waals surface area contributed by atoms with Crippen LogP contribution < -0.4 is 15.0 Å². The first-order valence-electron chi connectivity index (χ1n) is 8.94. The van der Waals surface area contributed by atoms with E-state index >= 15 is 0 Å². The second kappa shape index (κ2) is 9.72. The van der Waals surface area contributed by atoms with E-state index in [1.807, 2.05) is 50.5 Å². The van der Waals surface area contributed by atoms with E-state index in [1.54, 1.807) is 0 Å². The lowest BCUT2D eigenvalue weighted by molar-refractivity contribution is 0.200. The third kappa shape index (κ3) is 5.82. The van der Waals surface area contributed by atoms with Gasteiger partial charge in [0.25, 0.3) is 0 Å². The first-order valence-corrected chi connectivity index (χ1v) is 8.94. The molecule has 2 rings (SSSR count). The number of unbranched alkanes of at least 4 members (excludes halogenated alkanes) is 3. The molecule has 0 saturated carbocycles. The molecule has 4 nitrogen and oxygen atoms in total. The molecular formula is C21H28N2O2. The van der Waals surface area contributed by atoms with Gasteiger partial charge in [-0.3, -0.25) is 0 Å². The normalized spacial score (nSPS) is 10.4. The lowest BCUT2D eigenvalue weighted by atomic mass is 10.0. The predicted octanol–water partition coefficient (Wildman–Crippen LogP) is 5.09. The number of carbonyl (C=O) groups is 1. The van der Waals surface area contributed by atoms with Gasteiger partial charge in [-0.25, -0.2) is 4.79 Å². The summed E-state index contributed by atoms with van der Waals surface area (Å²) in [7, 11) is 4.01. The van der Waals surface area contributed by atoms with E-state index in [2.05, 4.69) is 29.3 Å². The molecular weight excluding hydrogens is 312 g/mol. The van der Waals surface area contributed by atoms with Crippen LogP contribution in [0.4, 0.5) is 10.5 Å². The Bertz CT molecular complexity index is 669. The van der Waals surface area contributed by atoms with Gasteiger partial charge in [-0.2, -0.15) is 0 Å². The molecule has 0 aliphatic rings. The van der Waals surface area contributed by atoms with Crippen molar-refractivity contribution in [2.45, 2.75) is 32.6 Å². The fourth-order valence-electron chi connectivity index (χ4n) is 2.70. The molecule has 0 atom stereocenters. The van der Waals surface area contributed by atoms with Gasteiger partial charge in [0.15, 0.2) is 0 Å². The molecule has 134 valence electrons. The Balaban J connectivity index is 2.06. The summed E-state index contributed by atoms with van der Waals surface area (Å²) in [5.41, 5.74) is 3.22. The van der Waals surface area contributed by atoms with Crippen LogP contribution in [0.2, 0.25) is 0 Å². The molecule has 0 spiro atoms. The second-order valence-corrected chi connectivity index (χ2v) is 6.32. The minimum absolute atomic E-state index is 0.395. The Hall–Kier alpha value is -2.49. The smallest absolute Gasteiger partial charge is 0.410 e. The van der Waals surface area contributed by atoms with Crippen LogP contribution in [-0.2, 0) is 0 Å². The average molecular weight is 340 g/mol. The van der Waals surface area contributed by atoms with E-state index in [1.165, 1.54) is 12.8 Å². The number of amides is 1. The van der Waals surface area contributed by atoms with Gasteiger partial charge in [-0.15, -0.1) is 0 Å². The van der Waals surface area contributed by atoms with Crippen molar-refractivity contribution in [3.05, 3.63) is 48.5 Å². The molecule has 0 radical (unpaired) electrons. The van der Waals surface area contributed by atoms with E-state index in [0.29, 0.717) is 12.3 Å². The maximum atomic E-state index is 12.0. The highest BCUT2D eigenvalue weighted by Crippen LogP contribution is 2.33. The molecule has 25 heavy (non-hydrogen) atoms. The van der Waals surface area contributed by atoms with Crippen LogP contribution in [0, 0.1) is 0 Å². The molecule has 1 amide bonds. The van der Waals surface area contributed by atoms with Gasteiger partial charge in [0.1, 0.15) is 5.75 Å². The van der Waals surface area contributed by atoms with Gasteiger partial charge in [0.2, 0.25) is 0 Å². The Morgan fingerprint density at radius 1 is 1.04 bits per heavy atom. The van der Waals surface area contributed by atoms with Gasteiger partial charge in [0, 0.05) is 31.9 Å². The fourth-order valence-corrected chi connectivity index (χ4v) is 2.70. The lowest BCUT2D eigenvalue weighted by Crippen LogP contribution is -2.27. The molecule has 0 aliphatic carbocycles. The Kier molecular flexibility index (Phi) is 7.33. The third-order valence-electron chi connectivity index (χ3n) is 4.04. The first-order chi connectivity index (χ1) is 12.1. The van der Waals surface area contributed by atoms with Crippen molar-refractivity contribution in [3.63, 3.8) is 0 Å². The largest absolute Gasteiger partial charge is 0.412 e. The molecule has 0 aromatic heterocycles. The molecule has 2 aromatic carbocycles. The molecule has 0 heterocycles. The molecule has 1 N–H and O–H groups in total. The number of rotatable bonds is 8. The van der Waals surface area contributed by atoms with Crippen LogP contribution >= 0.6 is 0 Å². The van der Waals surface area contributed by atoms with Crippen molar-refractivity contribution >= 4 is 11.8 Å². The molecule has 2 aromatic rings. The van der Waals surface area contributed by atoms with E-state index in [0.717, 1.165) is 29.7 Å². The van der Waals surface area contributed by atoms with Crippen molar-refractivity contribution in [2.24, 2.45) is 0 Å². The molecule has 0 bridgehead atoms. The number of anilines is 1. The van der Waals surface area contributed by atoms with Crippen LogP contribution in [0.25, 0.3) is 11.1 Å². The first kappa shape index (κ1) is 18.8. The van der Waals surface area contributed by atoms with Crippen molar-refractivity contribution in [2.75, 3.05) is 25.5 Å². The number of nitrogens with one attached hydrogen (secondary N) is 1. The van der Waals surface area contributed by atoms with Crippen molar-refractivity contribution in [1.29, 1.82) is 0 Å². The number of ether oxygens (including phenoxy) is 1. The van der Waals surface area contributed by atoms with Gasteiger partial charge in [-0.1, -0.05) is 56.5 Å². The number of nitrogens with zero attached hydrogens (tertiary/aromatic N) is 1. The summed E-state index contributed by atoms with van der Waals surface area (Å²) in [5, 5.41) is 2.82. The fraction of sp³-hybridized carbons (Fsp3) is 0.381. The number of benzene rings is 2. The van der Waals surface area contributed by atoms with Gasteiger partial charge >= 0.3 is 6.09 Å². The zero-order chi connectivity index (χ0) is 18.1. The zero-order valence-corrected chi connectivity index (χ0v) is 15.4. The average Bonchev–Trinajstić information content (AvgIpc) is 2.62. The third-order valence-corrected chi connectivity index (χ3v) is 4.04. The van der Waals surface area contributed by atoms with E-state index < -0.39 is 6.09 Å². The summed E-state index contributed by atoms with van der Waals surface area (Å²) in [4.78, 5) is 14.0. The van der Waals surface area contributed by atoms with Crippen LogP contribution in [-0.4, -0.2) is 26.7 Å². The second-order valence-electron chi connectivity index (χ2n) is 6.32. The minimum Gasteiger partial charge on any atom is -0.410 e. The van der Waals surface area contributed by atoms with Crippen LogP contribution in [0.3, 0.4) is 0 Å². The maximum absolute atomic E-state index is 12.0. The highest BCUT2D eigenvalue weighted by Gasteiger charge is 2.11. The van der Waals surface area contributed by atoms with Crippen LogP contribution in [0.5, 0.6) is 5.75 Å². The summed E-state index contributed by atoms with van der Waals surface area (Å²) >= 11 is 0. The lowest BCUT2D eigenvalue weighted by Gasteiger charge is -2.18. The molecule has 4 heteroatoms. The Morgan fingerprint density at radius 3 is 2.48 bits per heavy atom. The summed E-state index contributed by atoms with van der Waals surface area (Å²) in [6, 6.07) is 15.8. The predicted molar refractivity (Wildman–Crippen MR) is 104 cm³/mol. The van der Waals surface area contributed by atoms with Crippen LogP contribution in [0.1, 0.15) is 32.6 Å². The molecule has 0 saturated heterocycles. The van der Waals surface area contributed by atoms with Gasteiger partial charge < -0.3 is 15.0 Å². The monoisotopic (exact) mass is 340 g/mol. The van der Waals surface area contributed by atoms with Crippen molar-refractivity contribution < 1.29 is 9.53 Å². The highest BCUT2D eigenvalue weighted by atomic mass is 16.6. The number of carbonyl (C=O) groups excluding carboxylic acids is 1. The summed E-state index contributed by atoms with van der Waals surface area (Å²) in [6.45, 7) is 2.82. The summed E-state index contributed by atoms with van der Waals surface area (Å²) in [5.74, 6) is 0.551. The Morgan fingerprint density at radius 2 is 1.80 bits per heavy atom. The molecule has 0 aliphatic heterocycles. The summed E-state index contributed by atoms with van der Waals surface area (Å²) < 4.78 is 5.45. The maximum Gasteiger partial charge on any atom is 0.412 e. The van der Waals surface area contributed by atoms with Crippen molar-refractivity contribution in [1.82, 2.24) is 5.32 Å². The van der Waals surface area contributed by atoms with E-state index in [9.17, 15) is 4.79 Å². The van der Waals surface area contributed by atoms with E-state index in [-0.39, 0.29) is 0 Å². The van der Waals surface area contributed by atoms with Crippen LogP contribution in [0.15, 0.2) is 48.5 Å². The van der Waals surface area contributed by atoms with Gasteiger partial charge in [0.05, 0.1) is 0 Å². The number of hydrogen-bond donors (Lipinski definition) is 1. The highest BCUT2D eigenvalue weighted by molar-refractivity contribution is 5.80. The van der Waals surface area contributed by atoms with E-state index in [4.69, 9.17) is 4.74 Å². The quantitative estimate of drug-likeness (QED) is 0.681. The molecule has 0 unspecified atom stereocenters. The van der Waals surface area contributed by atoms with Gasteiger partial charge in [-0.05, 0) is 30.2 Å². The Labute approximate surface area is 150 Å². The number of hydrogen-bond acceptors (Lipinski definition) is 3. The minimum atomic E-state index is -0.395. The standard InChI is InChI=1S/C21H28N2O2/c1-4-5-6-10-15-22-21(24)25-18-13-14-20(23(2)3)19(16-18)17-11-8-7-9-12-17/h7-9,11-14,16H,4-6,10,15H2,1-3H3,(H,22,24).